The third-order valence-electron chi connectivity index (χ3n) is 5.64. The molecule has 2 aliphatic carbocycles. The molecule has 100 valence electrons. The second-order valence-corrected chi connectivity index (χ2v) is 6.50. The molecule has 5 fully saturated rings. The summed E-state index contributed by atoms with van der Waals surface area (Å²) in [4.78, 5) is 12.9. The van der Waals surface area contributed by atoms with Crippen LogP contribution in [0.3, 0.4) is 0 Å². The summed E-state index contributed by atoms with van der Waals surface area (Å²) in [5.41, 5.74) is 0.489. The normalized spacial score (nSPS) is 67.1. The van der Waals surface area contributed by atoms with Crippen molar-refractivity contribution in [1.82, 2.24) is 0 Å². The third kappa shape index (κ3) is 0.606. The Bertz CT molecular complexity index is 757. The van der Waals surface area contributed by atoms with Crippen LogP contribution in [0.4, 0.5) is 0 Å². The molecule has 20 heavy (non-hydrogen) atoms. The predicted molar refractivity (Wildman–Crippen MR) is 53.5 cm³/mol. The van der Waals surface area contributed by atoms with Gasteiger partial charge in [0.05, 0.1) is 5.92 Å². The average molecular weight is 274 g/mol. The van der Waals surface area contributed by atoms with E-state index in [4.69, 9.17) is 28.4 Å². The van der Waals surface area contributed by atoms with Crippen molar-refractivity contribution in [3.63, 3.8) is 0 Å². The summed E-state index contributed by atoms with van der Waals surface area (Å²) in [5.74, 6) is -0.191. The molecule has 7 nitrogen and oxygen atoms in total. The maximum Gasteiger partial charge on any atom is 0.299 e. The number of hydrogen-bond donors (Lipinski definition) is 0. The molecule has 8 rings (SSSR count). The lowest BCUT2D eigenvalue weighted by Crippen LogP contribution is -2.48. The zero-order valence-corrected chi connectivity index (χ0v) is 9.82. The second-order valence-electron chi connectivity index (χ2n) is 6.50. The lowest BCUT2D eigenvalue weighted by molar-refractivity contribution is -0.133. The van der Waals surface area contributed by atoms with Crippen LogP contribution in [0.2, 0.25) is 0 Å². The average Bonchev–Trinajstić information content (AvgIpc) is 3.24. The molecule has 0 radical (unpaired) electrons. The molecule has 6 unspecified atom stereocenters. The zero-order valence-electron chi connectivity index (χ0n) is 9.82. The van der Waals surface area contributed by atoms with E-state index in [0.29, 0.717) is 22.9 Å². The highest BCUT2D eigenvalue weighted by atomic mass is 17.1. The summed E-state index contributed by atoms with van der Waals surface area (Å²) in [7, 11) is 0. The first-order chi connectivity index (χ1) is 9.75. The van der Waals surface area contributed by atoms with Gasteiger partial charge in [0.25, 0.3) is 11.6 Å². The highest BCUT2D eigenvalue weighted by Crippen LogP contribution is 2.82. The summed E-state index contributed by atoms with van der Waals surface area (Å²) < 4.78 is 33.8. The van der Waals surface area contributed by atoms with Gasteiger partial charge >= 0.3 is 0 Å². The van der Waals surface area contributed by atoms with Crippen LogP contribution < -0.4 is 0 Å². The Morgan fingerprint density at radius 2 is 1.60 bits per heavy atom. The minimum absolute atomic E-state index is 0.0131. The molecule has 4 saturated heterocycles. The third-order valence-corrected chi connectivity index (χ3v) is 5.64. The van der Waals surface area contributed by atoms with Gasteiger partial charge in [-0.15, -0.1) is 0 Å². The molecule has 0 N–H and O–H groups in total. The van der Waals surface area contributed by atoms with Gasteiger partial charge in [-0.3, -0.25) is 14.3 Å². The number of Topliss-reactive ketones (excluding diaryl/α,β-unsaturated/α-hetero) is 1. The van der Waals surface area contributed by atoms with E-state index < -0.39 is 11.6 Å². The predicted octanol–water partition coefficient (Wildman–Crippen LogP) is -0.919. The van der Waals surface area contributed by atoms with Crippen LogP contribution in [0.1, 0.15) is 0 Å². The van der Waals surface area contributed by atoms with Crippen molar-refractivity contribution in [2.24, 2.45) is 5.92 Å². The summed E-state index contributed by atoms with van der Waals surface area (Å²) in [6.07, 6.45) is -0.221. The van der Waals surface area contributed by atoms with Crippen molar-refractivity contribution in [3.8, 4) is 0 Å². The van der Waals surface area contributed by atoms with Crippen molar-refractivity contribution >= 4 is 5.78 Å². The Labute approximate surface area is 111 Å². The lowest BCUT2D eigenvalue weighted by atomic mass is 9.77. The highest BCUT2D eigenvalue weighted by Gasteiger charge is 3.02. The van der Waals surface area contributed by atoms with Crippen molar-refractivity contribution in [3.05, 3.63) is 22.9 Å². The van der Waals surface area contributed by atoms with E-state index in [2.05, 4.69) is 0 Å². The number of ether oxygens (including phenoxy) is 6. The number of ketones is 1. The molecule has 1 saturated carbocycles. The molecule has 0 bridgehead atoms. The van der Waals surface area contributed by atoms with Gasteiger partial charge in [0.15, 0.2) is 11.5 Å². The SMILES string of the molecule is O=C1C2=C(OC3C4OC4C4OC4C13)C1=C(O1)C13OC21O3. The molecule has 7 heteroatoms. The van der Waals surface area contributed by atoms with E-state index in [1.165, 1.54) is 0 Å². The number of epoxide rings is 4. The van der Waals surface area contributed by atoms with Gasteiger partial charge in [-0.05, 0) is 0 Å². The molecule has 6 atom stereocenters. The minimum Gasteiger partial charge on any atom is -0.482 e. The molecule has 0 aromatic carbocycles. The molecule has 8 aliphatic rings. The first-order valence-corrected chi connectivity index (χ1v) is 6.85. The van der Waals surface area contributed by atoms with Gasteiger partial charge in [-0.25, -0.2) is 0 Å². The molecule has 0 amide bonds. The van der Waals surface area contributed by atoms with Crippen molar-refractivity contribution in [1.29, 1.82) is 0 Å². The Balaban J connectivity index is 1.38. The van der Waals surface area contributed by atoms with Gasteiger partial charge in [-0.1, -0.05) is 0 Å². The van der Waals surface area contributed by atoms with Crippen LogP contribution in [0.25, 0.3) is 0 Å². The van der Waals surface area contributed by atoms with E-state index in [-0.39, 0.29) is 42.2 Å². The number of carbonyl (C=O) groups is 1. The van der Waals surface area contributed by atoms with E-state index in [0.717, 1.165) is 0 Å². The monoisotopic (exact) mass is 274 g/mol. The van der Waals surface area contributed by atoms with Gasteiger partial charge in [0.2, 0.25) is 11.5 Å². The standard InChI is InChI=1S/C13H6O7/c14-3-1-4(8-9(17-8)7-5(1)16-7)15-6-2(3)12-13(19-12,20-12)11-10(6)18-11/h1,4-5,7-9H. The fraction of sp³-hybridized carbons (Fsp3) is 0.615. The maximum atomic E-state index is 12.9. The minimum atomic E-state index is -0.911. The molecule has 6 heterocycles. The number of fused-ring (bicyclic) bond motifs is 7. The Hall–Kier alpha value is -1.41. The van der Waals surface area contributed by atoms with E-state index in [1.54, 1.807) is 0 Å². The van der Waals surface area contributed by atoms with Crippen LogP contribution in [-0.4, -0.2) is 47.9 Å². The molecule has 6 aliphatic heterocycles. The van der Waals surface area contributed by atoms with Gasteiger partial charge in [0.1, 0.15) is 36.1 Å². The van der Waals surface area contributed by atoms with Gasteiger partial charge in [0, 0.05) is 0 Å². The van der Waals surface area contributed by atoms with E-state index in [1.807, 2.05) is 0 Å². The van der Waals surface area contributed by atoms with E-state index >= 15 is 0 Å². The van der Waals surface area contributed by atoms with Crippen LogP contribution in [0, 0.1) is 5.92 Å². The largest absolute Gasteiger partial charge is 0.482 e. The second kappa shape index (κ2) is 1.97. The van der Waals surface area contributed by atoms with Crippen LogP contribution in [0.5, 0.6) is 0 Å². The molecular formula is C13H6O7. The first-order valence-electron chi connectivity index (χ1n) is 6.85. The van der Waals surface area contributed by atoms with Crippen molar-refractivity contribution in [2.45, 2.75) is 42.1 Å². The van der Waals surface area contributed by atoms with E-state index in [9.17, 15) is 4.79 Å². The Morgan fingerprint density at radius 3 is 2.50 bits per heavy atom. The van der Waals surface area contributed by atoms with Crippen LogP contribution in [-0.2, 0) is 33.2 Å². The highest BCUT2D eigenvalue weighted by molar-refractivity contribution is 6.05. The topological polar surface area (TPSA) is 89.0 Å². The maximum absolute atomic E-state index is 12.9. The Morgan fingerprint density at radius 1 is 0.850 bits per heavy atom. The van der Waals surface area contributed by atoms with Gasteiger partial charge < -0.3 is 18.9 Å². The van der Waals surface area contributed by atoms with Crippen LogP contribution >= 0.6 is 0 Å². The smallest absolute Gasteiger partial charge is 0.299 e. The van der Waals surface area contributed by atoms with Crippen LogP contribution in [0.15, 0.2) is 22.9 Å². The summed E-state index contributed by atoms with van der Waals surface area (Å²) in [5, 5.41) is 0. The summed E-state index contributed by atoms with van der Waals surface area (Å²) in [6.45, 7) is 0. The zero-order chi connectivity index (χ0) is 12.6. The summed E-state index contributed by atoms with van der Waals surface area (Å²) >= 11 is 0. The Kier molecular flexibility index (Phi) is 0.865. The number of carbonyl (C=O) groups excluding carboxylic acids is 1. The van der Waals surface area contributed by atoms with Gasteiger partial charge in [-0.2, -0.15) is 0 Å². The molecule has 0 aromatic heterocycles. The fourth-order valence-electron chi connectivity index (χ4n) is 4.45. The number of rotatable bonds is 0. The molecule has 0 aromatic rings. The molecular weight excluding hydrogens is 268 g/mol. The lowest BCUT2D eigenvalue weighted by Gasteiger charge is -2.32. The van der Waals surface area contributed by atoms with Crippen molar-refractivity contribution < 1.29 is 33.2 Å². The van der Waals surface area contributed by atoms with Crippen molar-refractivity contribution in [2.75, 3.05) is 0 Å². The summed E-state index contributed by atoms with van der Waals surface area (Å²) in [6, 6.07) is 0. The quantitative estimate of drug-likeness (QED) is 0.528. The first kappa shape index (κ1) is 8.78. The number of hydrogen-bond acceptors (Lipinski definition) is 7. The molecule has 0 spiro atoms. The fourth-order valence-corrected chi connectivity index (χ4v) is 4.45.